The largest absolute Gasteiger partial charge is 0.416 e. The molecule has 0 saturated heterocycles. The first-order valence-electron chi connectivity index (χ1n) is 9.23. The second-order valence-electron chi connectivity index (χ2n) is 7.31. The van der Waals surface area contributed by atoms with Crippen molar-refractivity contribution in [3.05, 3.63) is 105 Å². The van der Waals surface area contributed by atoms with Crippen molar-refractivity contribution in [3.8, 4) is 0 Å². The lowest BCUT2D eigenvalue weighted by Crippen LogP contribution is -2.37. The molecule has 0 bridgehead atoms. The molecule has 0 nitrogen and oxygen atoms in total. The van der Waals surface area contributed by atoms with Gasteiger partial charge in [-0.25, -0.2) is 0 Å². The van der Waals surface area contributed by atoms with Crippen LogP contribution in [0.3, 0.4) is 0 Å². The zero-order valence-electron chi connectivity index (χ0n) is 15.6. The Hall–Kier alpha value is -3.02. The molecule has 0 amide bonds. The average Bonchev–Trinajstić information content (AvgIpc) is 2.72. The first-order chi connectivity index (χ1) is 14.1. The molecule has 0 fully saturated rings. The fourth-order valence-electron chi connectivity index (χ4n) is 3.94. The van der Waals surface area contributed by atoms with E-state index in [1.54, 1.807) is 18.2 Å². The van der Waals surface area contributed by atoms with Gasteiger partial charge in [0.2, 0.25) is 0 Å². The molecule has 0 heterocycles. The van der Waals surface area contributed by atoms with E-state index in [0.29, 0.717) is 11.1 Å². The Morgan fingerprint density at radius 3 is 1.60 bits per heavy atom. The maximum Gasteiger partial charge on any atom is 0.416 e. The maximum atomic E-state index is 13.4. The van der Waals surface area contributed by atoms with Crippen LogP contribution in [0.2, 0.25) is 0 Å². The number of halogens is 6. The number of hydrogen-bond donors (Lipinski definition) is 0. The van der Waals surface area contributed by atoms with Crippen LogP contribution < -0.4 is 10.4 Å². The summed E-state index contributed by atoms with van der Waals surface area (Å²) in [5.74, 6) is 0. The Bertz CT molecular complexity index is 1140. The molecule has 0 atom stereocenters. The molecule has 0 radical (unpaired) electrons. The summed E-state index contributed by atoms with van der Waals surface area (Å²) >= 11 is 0. The van der Waals surface area contributed by atoms with E-state index in [1.165, 1.54) is 24.3 Å². The highest BCUT2D eigenvalue weighted by atomic mass is 19.4. The van der Waals surface area contributed by atoms with Crippen molar-refractivity contribution in [1.82, 2.24) is 0 Å². The molecule has 3 aromatic carbocycles. The summed E-state index contributed by atoms with van der Waals surface area (Å²) in [5.41, 5.74) is -2.24. The van der Waals surface area contributed by atoms with E-state index >= 15 is 0 Å². The van der Waals surface area contributed by atoms with Crippen LogP contribution in [0.15, 0.2) is 72.8 Å². The van der Waals surface area contributed by atoms with E-state index in [9.17, 15) is 26.3 Å². The van der Waals surface area contributed by atoms with Gasteiger partial charge in [-0.15, -0.1) is 0 Å². The minimum Gasteiger partial charge on any atom is -0.166 e. The molecule has 154 valence electrons. The highest BCUT2D eigenvalue weighted by molar-refractivity contribution is 5.63. The molecule has 6 heteroatoms. The zero-order valence-corrected chi connectivity index (χ0v) is 15.6. The van der Waals surface area contributed by atoms with Crippen molar-refractivity contribution in [2.45, 2.75) is 24.2 Å². The predicted molar refractivity (Wildman–Crippen MR) is 103 cm³/mol. The molecule has 0 aromatic heterocycles. The summed E-state index contributed by atoms with van der Waals surface area (Å²) in [6.07, 6.45) is -5.24. The fraction of sp³-hybridized carbons (Fsp3) is 0.167. The Morgan fingerprint density at radius 1 is 0.600 bits per heavy atom. The van der Waals surface area contributed by atoms with Gasteiger partial charge in [0.25, 0.3) is 0 Å². The van der Waals surface area contributed by atoms with Crippen molar-refractivity contribution < 1.29 is 26.3 Å². The van der Waals surface area contributed by atoms with Crippen LogP contribution in [0.1, 0.15) is 28.7 Å². The SMILES string of the molecule is FC(F)(F)c1cccc(C2(c3cccc(C(F)(F)F)c3)C=c3ccccc3=CC2)c1. The molecule has 3 aromatic rings. The number of rotatable bonds is 2. The predicted octanol–water partition coefficient (Wildman–Crippen LogP) is 5.68. The highest BCUT2D eigenvalue weighted by Gasteiger charge is 2.38. The lowest BCUT2D eigenvalue weighted by atomic mass is 9.69. The van der Waals surface area contributed by atoms with Gasteiger partial charge in [0.1, 0.15) is 0 Å². The molecule has 0 N–H and O–H groups in total. The fourth-order valence-corrected chi connectivity index (χ4v) is 3.94. The quantitative estimate of drug-likeness (QED) is 0.470. The molecule has 30 heavy (non-hydrogen) atoms. The van der Waals surface area contributed by atoms with Gasteiger partial charge in [-0.1, -0.05) is 72.8 Å². The summed E-state index contributed by atoms with van der Waals surface area (Å²) in [4.78, 5) is 0. The van der Waals surface area contributed by atoms with Crippen LogP contribution in [0.25, 0.3) is 12.2 Å². The van der Waals surface area contributed by atoms with Crippen LogP contribution >= 0.6 is 0 Å². The normalized spacial score (nSPS) is 15.7. The minimum absolute atomic E-state index is 0.243. The van der Waals surface area contributed by atoms with Crippen molar-refractivity contribution >= 4 is 12.2 Å². The van der Waals surface area contributed by atoms with Crippen molar-refractivity contribution in [3.63, 3.8) is 0 Å². The van der Waals surface area contributed by atoms with Crippen LogP contribution in [0, 0.1) is 0 Å². The first-order valence-corrected chi connectivity index (χ1v) is 9.23. The molecule has 0 saturated carbocycles. The van der Waals surface area contributed by atoms with Gasteiger partial charge in [-0.3, -0.25) is 0 Å². The second kappa shape index (κ2) is 7.04. The maximum absolute atomic E-state index is 13.4. The van der Waals surface area contributed by atoms with E-state index in [-0.39, 0.29) is 6.42 Å². The number of hydrogen-bond acceptors (Lipinski definition) is 0. The lowest BCUT2D eigenvalue weighted by Gasteiger charge is -2.34. The van der Waals surface area contributed by atoms with Gasteiger partial charge in [-0.2, -0.15) is 26.3 Å². The lowest BCUT2D eigenvalue weighted by molar-refractivity contribution is -0.138. The van der Waals surface area contributed by atoms with Crippen LogP contribution in [0.5, 0.6) is 0 Å². The average molecular weight is 418 g/mol. The summed E-state index contributed by atoms with van der Waals surface area (Å²) in [7, 11) is 0. The van der Waals surface area contributed by atoms with Gasteiger partial charge < -0.3 is 0 Å². The van der Waals surface area contributed by atoms with Gasteiger partial charge in [-0.05, 0) is 40.1 Å². The van der Waals surface area contributed by atoms with Gasteiger partial charge in [0.05, 0.1) is 11.1 Å². The van der Waals surface area contributed by atoms with E-state index in [0.717, 1.165) is 34.7 Å². The third-order valence-corrected chi connectivity index (χ3v) is 5.45. The Balaban J connectivity index is 2.01. The van der Waals surface area contributed by atoms with E-state index in [2.05, 4.69) is 0 Å². The Morgan fingerprint density at radius 2 is 1.10 bits per heavy atom. The minimum atomic E-state index is -4.55. The summed E-state index contributed by atoms with van der Waals surface area (Å²) in [6, 6.07) is 16.9. The molecule has 1 aliphatic rings. The van der Waals surface area contributed by atoms with Crippen LogP contribution in [-0.4, -0.2) is 0 Å². The highest BCUT2D eigenvalue weighted by Crippen LogP contribution is 2.42. The standard InChI is InChI=1S/C24H16F6/c25-23(26,27)20-9-3-7-18(13-20)22(12-11-16-5-1-2-6-17(16)15-22)19-8-4-10-21(14-19)24(28,29)30/h1-11,13-15H,12H2. The molecule has 1 aliphatic carbocycles. The van der Waals surface area contributed by atoms with E-state index < -0.39 is 28.9 Å². The Kier molecular flexibility index (Phi) is 4.76. The summed E-state index contributed by atoms with van der Waals surface area (Å²) in [6.45, 7) is 0. The second-order valence-corrected chi connectivity index (χ2v) is 7.31. The molecule has 4 rings (SSSR count). The van der Waals surface area contributed by atoms with E-state index in [1.807, 2.05) is 18.2 Å². The van der Waals surface area contributed by atoms with E-state index in [4.69, 9.17) is 0 Å². The summed E-state index contributed by atoms with van der Waals surface area (Å²) < 4.78 is 80.1. The third kappa shape index (κ3) is 3.62. The third-order valence-electron chi connectivity index (χ3n) is 5.45. The molecule has 0 aliphatic heterocycles. The van der Waals surface area contributed by atoms with Crippen molar-refractivity contribution in [2.24, 2.45) is 0 Å². The molecule has 0 spiro atoms. The van der Waals surface area contributed by atoms with Crippen LogP contribution in [0.4, 0.5) is 26.3 Å². The molecular formula is C24H16F6. The molecule has 0 unspecified atom stereocenters. The number of benzene rings is 3. The monoisotopic (exact) mass is 418 g/mol. The Labute approximate surface area is 168 Å². The zero-order chi connectivity index (χ0) is 21.6. The smallest absolute Gasteiger partial charge is 0.166 e. The number of fused-ring (bicyclic) bond motifs is 1. The van der Waals surface area contributed by atoms with Crippen molar-refractivity contribution in [2.75, 3.05) is 0 Å². The first kappa shape index (κ1) is 20.3. The van der Waals surface area contributed by atoms with Crippen molar-refractivity contribution in [1.29, 1.82) is 0 Å². The number of alkyl halides is 6. The molecular weight excluding hydrogens is 402 g/mol. The van der Waals surface area contributed by atoms with Gasteiger partial charge >= 0.3 is 12.4 Å². The van der Waals surface area contributed by atoms with Gasteiger partial charge in [0, 0.05) is 5.41 Å². The topological polar surface area (TPSA) is 0 Å². The van der Waals surface area contributed by atoms with Gasteiger partial charge in [0.15, 0.2) is 0 Å². The summed E-state index contributed by atoms with van der Waals surface area (Å²) in [5, 5.41) is 1.66. The van der Waals surface area contributed by atoms with Crippen LogP contribution in [-0.2, 0) is 17.8 Å².